The van der Waals surface area contributed by atoms with Gasteiger partial charge in [-0.15, -0.1) is 0 Å². The van der Waals surface area contributed by atoms with Gasteiger partial charge in [0.25, 0.3) is 0 Å². The maximum atomic E-state index is 14.9. The van der Waals surface area contributed by atoms with Crippen molar-refractivity contribution in [1.82, 2.24) is 0 Å². The quantitative estimate of drug-likeness (QED) is 0.542. The lowest BCUT2D eigenvalue weighted by Gasteiger charge is -2.13. The van der Waals surface area contributed by atoms with E-state index in [1.165, 1.54) is 31.9 Å². The van der Waals surface area contributed by atoms with Crippen LogP contribution in [0.5, 0.6) is 5.75 Å². The van der Waals surface area contributed by atoms with Crippen LogP contribution in [0.15, 0.2) is 36.4 Å². The lowest BCUT2D eigenvalue weighted by Crippen LogP contribution is -2.04. The lowest BCUT2D eigenvalue weighted by molar-refractivity contribution is -0.118. The molecule has 2 rings (SSSR count). The summed E-state index contributed by atoms with van der Waals surface area (Å²) in [6, 6.07) is 11.6. The van der Waals surface area contributed by atoms with E-state index in [-0.39, 0.29) is 18.0 Å². The summed E-state index contributed by atoms with van der Waals surface area (Å²) in [7, 11) is 1.44. The van der Waals surface area contributed by atoms with Crippen LogP contribution in [0.3, 0.4) is 0 Å². The minimum atomic E-state index is -0.400. The van der Waals surface area contributed by atoms with Crippen LogP contribution in [-0.2, 0) is 17.6 Å². The molecule has 0 atom stereocenters. The van der Waals surface area contributed by atoms with Gasteiger partial charge >= 0.3 is 0 Å². The Morgan fingerprint density at radius 1 is 1.04 bits per heavy atom. The standard InChI is InChI=1S/C22H27FO2/c1-4-6-7-8-16-9-11-17(12-10-16)20-14-13-18(15-19(24)5-2)22(25-3)21(20)23/h9-14H,4-8,15H2,1-3H3. The molecule has 0 aliphatic rings. The molecule has 0 amide bonds. The number of carbonyl (C=O) groups is 1. The van der Waals surface area contributed by atoms with E-state index in [1.54, 1.807) is 12.1 Å². The normalized spacial score (nSPS) is 10.7. The molecular weight excluding hydrogens is 315 g/mol. The molecule has 0 aliphatic heterocycles. The van der Waals surface area contributed by atoms with Gasteiger partial charge in [0.05, 0.1) is 7.11 Å². The molecule has 0 bridgehead atoms. The van der Waals surface area contributed by atoms with Crippen molar-refractivity contribution in [3.63, 3.8) is 0 Å². The van der Waals surface area contributed by atoms with Crippen LogP contribution < -0.4 is 4.74 Å². The number of unbranched alkanes of at least 4 members (excludes halogenated alkanes) is 2. The van der Waals surface area contributed by atoms with Crippen molar-refractivity contribution in [3.05, 3.63) is 53.3 Å². The first kappa shape index (κ1) is 19.2. The zero-order valence-electron chi connectivity index (χ0n) is 15.4. The van der Waals surface area contributed by atoms with Crippen molar-refractivity contribution < 1.29 is 13.9 Å². The second-order valence-electron chi connectivity index (χ2n) is 6.34. The molecule has 2 aromatic carbocycles. The summed E-state index contributed by atoms with van der Waals surface area (Å²) in [6.07, 6.45) is 5.30. The average Bonchev–Trinajstić information content (AvgIpc) is 2.63. The molecule has 0 spiro atoms. The SMILES string of the molecule is CCCCCc1ccc(-c2ccc(CC(=O)CC)c(OC)c2F)cc1. The summed E-state index contributed by atoms with van der Waals surface area (Å²) >= 11 is 0. The number of ketones is 1. The first-order valence-corrected chi connectivity index (χ1v) is 9.07. The fourth-order valence-electron chi connectivity index (χ4n) is 2.95. The molecule has 3 heteroatoms. The van der Waals surface area contributed by atoms with Crippen LogP contribution in [0.1, 0.15) is 50.7 Å². The third-order valence-electron chi connectivity index (χ3n) is 4.50. The smallest absolute Gasteiger partial charge is 0.173 e. The van der Waals surface area contributed by atoms with Gasteiger partial charge in [0.2, 0.25) is 0 Å². The van der Waals surface area contributed by atoms with E-state index in [1.807, 2.05) is 19.1 Å². The molecule has 134 valence electrons. The molecule has 25 heavy (non-hydrogen) atoms. The monoisotopic (exact) mass is 342 g/mol. The highest BCUT2D eigenvalue weighted by atomic mass is 19.1. The number of carbonyl (C=O) groups excluding carboxylic acids is 1. The fourth-order valence-corrected chi connectivity index (χ4v) is 2.95. The Morgan fingerprint density at radius 2 is 1.76 bits per heavy atom. The highest BCUT2D eigenvalue weighted by molar-refractivity contribution is 5.82. The van der Waals surface area contributed by atoms with E-state index in [9.17, 15) is 9.18 Å². The first-order chi connectivity index (χ1) is 12.1. The highest BCUT2D eigenvalue weighted by Crippen LogP contribution is 2.33. The maximum Gasteiger partial charge on any atom is 0.173 e. The minimum Gasteiger partial charge on any atom is -0.493 e. The van der Waals surface area contributed by atoms with E-state index in [4.69, 9.17) is 4.74 Å². The number of benzene rings is 2. The molecule has 0 unspecified atom stereocenters. The molecule has 0 saturated heterocycles. The zero-order chi connectivity index (χ0) is 18.2. The number of ether oxygens (including phenoxy) is 1. The van der Waals surface area contributed by atoms with Crippen LogP contribution in [0.25, 0.3) is 11.1 Å². The van der Waals surface area contributed by atoms with Crippen LogP contribution >= 0.6 is 0 Å². The van der Waals surface area contributed by atoms with E-state index in [0.29, 0.717) is 17.5 Å². The number of aryl methyl sites for hydroxylation is 1. The van der Waals surface area contributed by atoms with Gasteiger partial charge in [-0.3, -0.25) is 4.79 Å². The fraction of sp³-hybridized carbons (Fsp3) is 0.409. The van der Waals surface area contributed by atoms with Crippen molar-refractivity contribution in [3.8, 4) is 16.9 Å². The third-order valence-corrected chi connectivity index (χ3v) is 4.50. The summed E-state index contributed by atoms with van der Waals surface area (Å²) in [5.74, 6) is -0.157. The molecule has 2 aromatic rings. The third kappa shape index (κ3) is 4.91. The lowest BCUT2D eigenvalue weighted by atomic mass is 9.97. The number of methoxy groups -OCH3 is 1. The van der Waals surface area contributed by atoms with Crippen molar-refractivity contribution in [2.45, 2.75) is 52.4 Å². The van der Waals surface area contributed by atoms with Crippen LogP contribution in [0, 0.1) is 5.82 Å². The second-order valence-corrected chi connectivity index (χ2v) is 6.34. The zero-order valence-corrected chi connectivity index (χ0v) is 15.4. The van der Waals surface area contributed by atoms with Gasteiger partial charge < -0.3 is 4.74 Å². The van der Waals surface area contributed by atoms with Gasteiger partial charge in [0.15, 0.2) is 11.6 Å². The number of rotatable bonds is 9. The van der Waals surface area contributed by atoms with Crippen molar-refractivity contribution in [2.24, 2.45) is 0 Å². The highest BCUT2D eigenvalue weighted by Gasteiger charge is 2.17. The Balaban J connectivity index is 2.25. The van der Waals surface area contributed by atoms with E-state index >= 15 is 0 Å². The van der Waals surface area contributed by atoms with Gasteiger partial charge in [-0.05, 0) is 24.0 Å². The average molecular weight is 342 g/mol. The summed E-state index contributed by atoms with van der Waals surface area (Å²) in [5, 5.41) is 0. The van der Waals surface area contributed by atoms with Crippen LogP contribution in [0.2, 0.25) is 0 Å². The van der Waals surface area contributed by atoms with Crippen molar-refractivity contribution in [2.75, 3.05) is 7.11 Å². The molecule has 0 aliphatic carbocycles. The maximum absolute atomic E-state index is 14.9. The molecule has 2 nitrogen and oxygen atoms in total. The molecule has 0 aromatic heterocycles. The summed E-state index contributed by atoms with van der Waals surface area (Å²) in [6.45, 7) is 4.00. The van der Waals surface area contributed by atoms with Gasteiger partial charge in [-0.1, -0.05) is 63.1 Å². The van der Waals surface area contributed by atoms with E-state index in [2.05, 4.69) is 19.1 Å². The Hall–Kier alpha value is -2.16. The summed E-state index contributed by atoms with van der Waals surface area (Å²) in [4.78, 5) is 11.7. The second kappa shape index (κ2) is 9.36. The van der Waals surface area contributed by atoms with Gasteiger partial charge in [-0.2, -0.15) is 0 Å². The predicted molar refractivity (Wildman–Crippen MR) is 101 cm³/mol. The largest absolute Gasteiger partial charge is 0.493 e. The van der Waals surface area contributed by atoms with Crippen LogP contribution in [-0.4, -0.2) is 12.9 Å². The molecular formula is C22H27FO2. The van der Waals surface area contributed by atoms with Gasteiger partial charge in [0, 0.05) is 24.0 Å². The Bertz CT molecular complexity index is 705. The molecule has 0 heterocycles. The van der Waals surface area contributed by atoms with Crippen molar-refractivity contribution >= 4 is 5.78 Å². The summed E-state index contributed by atoms with van der Waals surface area (Å²) < 4.78 is 20.1. The first-order valence-electron chi connectivity index (χ1n) is 9.07. The minimum absolute atomic E-state index is 0.0712. The van der Waals surface area contributed by atoms with Gasteiger partial charge in [0.1, 0.15) is 5.78 Å². The Labute approximate surface area is 150 Å². The number of hydrogen-bond acceptors (Lipinski definition) is 2. The summed E-state index contributed by atoms with van der Waals surface area (Å²) in [5.41, 5.74) is 3.20. The number of halogens is 1. The molecule has 0 N–H and O–H groups in total. The molecule has 0 fully saturated rings. The van der Waals surface area contributed by atoms with Gasteiger partial charge in [-0.25, -0.2) is 4.39 Å². The van der Waals surface area contributed by atoms with Crippen LogP contribution in [0.4, 0.5) is 4.39 Å². The number of Topliss-reactive ketones (excluding diaryl/α,β-unsaturated/α-hetero) is 1. The van der Waals surface area contributed by atoms with E-state index in [0.717, 1.165) is 12.0 Å². The topological polar surface area (TPSA) is 26.3 Å². The van der Waals surface area contributed by atoms with Crippen molar-refractivity contribution in [1.29, 1.82) is 0 Å². The number of hydrogen-bond donors (Lipinski definition) is 0. The van der Waals surface area contributed by atoms with E-state index < -0.39 is 5.82 Å². The molecule has 0 saturated carbocycles. The molecule has 0 radical (unpaired) electrons. The predicted octanol–water partition coefficient (Wildman–Crippen LogP) is 5.76. The Kier molecular flexibility index (Phi) is 7.17. The Morgan fingerprint density at radius 3 is 2.36 bits per heavy atom.